The molecule has 2 aromatic rings. The molecule has 28 heavy (non-hydrogen) atoms. The number of fused-ring (bicyclic) bond motifs is 1. The number of hydrogen-bond acceptors (Lipinski definition) is 5. The van der Waals surface area contributed by atoms with Crippen LogP contribution in [0, 0.1) is 11.3 Å². The monoisotopic (exact) mass is 377 g/mol. The van der Waals surface area contributed by atoms with Crippen LogP contribution in [-0.4, -0.2) is 19.7 Å². The van der Waals surface area contributed by atoms with E-state index in [-0.39, 0.29) is 12.2 Å². The molecule has 1 aliphatic rings. The number of carbonyl (C=O) groups excluding carboxylic acids is 1. The Kier molecular flexibility index (Phi) is 6.33. The van der Waals surface area contributed by atoms with Crippen molar-refractivity contribution in [1.29, 1.82) is 5.26 Å². The molecule has 3 rings (SSSR count). The minimum absolute atomic E-state index is 0.0440. The van der Waals surface area contributed by atoms with Crippen molar-refractivity contribution in [2.75, 3.05) is 13.7 Å². The summed E-state index contributed by atoms with van der Waals surface area (Å²) in [5, 5.41) is 9.21. The first kappa shape index (κ1) is 19.5. The number of methoxy groups -OCH3 is 1. The molecule has 0 aromatic heterocycles. The predicted molar refractivity (Wildman–Crippen MR) is 106 cm³/mol. The lowest BCUT2D eigenvalue weighted by Gasteiger charge is -2.12. The maximum absolute atomic E-state index is 11.8. The molecule has 144 valence electrons. The van der Waals surface area contributed by atoms with Gasteiger partial charge in [-0.3, -0.25) is 0 Å². The van der Waals surface area contributed by atoms with E-state index < -0.39 is 5.97 Å². The fourth-order valence-corrected chi connectivity index (χ4v) is 3.31. The molecular weight excluding hydrogens is 354 g/mol. The molecule has 2 aromatic carbocycles. The second-order valence-electron chi connectivity index (χ2n) is 6.53. The van der Waals surface area contributed by atoms with E-state index >= 15 is 0 Å². The van der Waals surface area contributed by atoms with E-state index in [0.717, 1.165) is 24.2 Å². The maximum atomic E-state index is 11.8. The Balaban J connectivity index is 1.79. The van der Waals surface area contributed by atoms with Gasteiger partial charge in [-0.1, -0.05) is 12.1 Å². The summed E-state index contributed by atoms with van der Waals surface area (Å²) in [4.78, 5) is 11.8. The Hall–Kier alpha value is -3.26. The highest BCUT2D eigenvalue weighted by Crippen LogP contribution is 2.28. The molecule has 5 heteroatoms. The van der Waals surface area contributed by atoms with Crippen molar-refractivity contribution in [1.82, 2.24) is 0 Å². The molecule has 0 saturated carbocycles. The average Bonchev–Trinajstić information content (AvgIpc) is 3.18. The van der Waals surface area contributed by atoms with E-state index in [4.69, 9.17) is 14.2 Å². The molecule has 0 aliphatic heterocycles. The van der Waals surface area contributed by atoms with Crippen LogP contribution in [0.4, 0.5) is 0 Å². The average molecular weight is 377 g/mol. The first-order chi connectivity index (χ1) is 13.6. The Morgan fingerprint density at radius 1 is 1.18 bits per heavy atom. The van der Waals surface area contributed by atoms with Gasteiger partial charge in [0.05, 0.1) is 13.7 Å². The number of nitriles is 1. The van der Waals surface area contributed by atoms with Gasteiger partial charge in [-0.25, -0.2) is 4.79 Å². The molecule has 0 spiro atoms. The topological polar surface area (TPSA) is 68.6 Å². The zero-order valence-electron chi connectivity index (χ0n) is 16.2. The number of benzene rings is 2. The van der Waals surface area contributed by atoms with Crippen LogP contribution in [0.15, 0.2) is 42.0 Å². The largest absolute Gasteiger partial charge is 0.496 e. The molecule has 1 aliphatic carbocycles. The SMILES string of the molecule is CCOC(=O)/C(C#N)=C/c1ccc(OC)c(COc2ccc3c(c2)CCC3)c1. The smallest absolute Gasteiger partial charge is 0.348 e. The molecule has 0 bridgehead atoms. The Labute approximate surface area is 165 Å². The summed E-state index contributed by atoms with van der Waals surface area (Å²) in [6.45, 7) is 2.25. The van der Waals surface area contributed by atoms with E-state index in [0.29, 0.717) is 17.9 Å². The Morgan fingerprint density at radius 3 is 2.75 bits per heavy atom. The second kappa shape index (κ2) is 9.09. The van der Waals surface area contributed by atoms with Crippen LogP contribution in [0.3, 0.4) is 0 Å². The summed E-state index contributed by atoms with van der Waals surface area (Å²) in [7, 11) is 1.60. The summed E-state index contributed by atoms with van der Waals surface area (Å²) in [5.41, 5.74) is 4.25. The molecule has 0 radical (unpaired) electrons. The van der Waals surface area contributed by atoms with Gasteiger partial charge in [-0.05, 0) is 73.2 Å². The van der Waals surface area contributed by atoms with Crippen molar-refractivity contribution in [2.24, 2.45) is 0 Å². The van der Waals surface area contributed by atoms with E-state index in [9.17, 15) is 10.1 Å². The highest BCUT2D eigenvalue weighted by atomic mass is 16.5. The van der Waals surface area contributed by atoms with Gasteiger partial charge in [0.25, 0.3) is 0 Å². The summed E-state index contributed by atoms with van der Waals surface area (Å²) >= 11 is 0. The third-order valence-corrected chi connectivity index (χ3v) is 4.70. The fraction of sp³-hybridized carbons (Fsp3) is 0.304. The number of esters is 1. The molecule has 0 atom stereocenters. The van der Waals surface area contributed by atoms with Gasteiger partial charge in [-0.2, -0.15) is 5.26 Å². The summed E-state index contributed by atoms with van der Waals surface area (Å²) < 4.78 is 16.3. The van der Waals surface area contributed by atoms with Crippen LogP contribution in [-0.2, 0) is 29.0 Å². The lowest BCUT2D eigenvalue weighted by atomic mass is 10.1. The highest BCUT2D eigenvalue weighted by molar-refractivity contribution is 5.97. The van der Waals surface area contributed by atoms with E-state index in [1.165, 1.54) is 23.6 Å². The number of aryl methyl sites for hydroxylation is 2. The van der Waals surface area contributed by atoms with Crippen LogP contribution in [0.2, 0.25) is 0 Å². The lowest BCUT2D eigenvalue weighted by molar-refractivity contribution is -0.137. The number of rotatable bonds is 7. The summed E-state index contributed by atoms with van der Waals surface area (Å²) in [6.07, 6.45) is 4.94. The third-order valence-electron chi connectivity index (χ3n) is 4.70. The van der Waals surface area contributed by atoms with Crippen molar-refractivity contribution in [3.63, 3.8) is 0 Å². The van der Waals surface area contributed by atoms with Crippen molar-refractivity contribution in [2.45, 2.75) is 32.8 Å². The van der Waals surface area contributed by atoms with Crippen LogP contribution in [0.1, 0.15) is 35.6 Å². The van der Waals surface area contributed by atoms with Gasteiger partial charge >= 0.3 is 5.97 Å². The quantitative estimate of drug-likeness (QED) is 0.410. The van der Waals surface area contributed by atoms with Gasteiger partial charge in [-0.15, -0.1) is 0 Å². The highest BCUT2D eigenvalue weighted by Gasteiger charge is 2.13. The molecule has 0 heterocycles. The lowest BCUT2D eigenvalue weighted by Crippen LogP contribution is -2.06. The van der Waals surface area contributed by atoms with Gasteiger partial charge < -0.3 is 14.2 Å². The van der Waals surface area contributed by atoms with Crippen molar-refractivity contribution in [3.05, 3.63) is 64.2 Å². The minimum Gasteiger partial charge on any atom is -0.496 e. The number of hydrogen-bond donors (Lipinski definition) is 0. The molecule has 5 nitrogen and oxygen atoms in total. The van der Waals surface area contributed by atoms with Gasteiger partial charge in [0.15, 0.2) is 0 Å². The zero-order valence-corrected chi connectivity index (χ0v) is 16.2. The molecule has 0 fully saturated rings. The first-order valence-electron chi connectivity index (χ1n) is 9.35. The minimum atomic E-state index is -0.628. The molecular formula is C23H23NO4. The zero-order chi connectivity index (χ0) is 19.9. The van der Waals surface area contributed by atoms with Crippen LogP contribution in [0.5, 0.6) is 11.5 Å². The molecule has 0 saturated heterocycles. The van der Waals surface area contributed by atoms with Crippen LogP contribution >= 0.6 is 0 Å². The van der Waals surface area contributed by atoms with E-state index in [2.05, 4.69) is 12.1 Å². The van der Waals surface area contributed by atoms with E-state index in [1.807, 2.05) is 18.2 Å². The predicted octanol–water partition coefficient (Wildman–Crippen LogP) is 4.23. The van der Waals surface area contributed by atoms with Crippen LogP contribution in [0.25, 0.3) is 6.08 Å². The molecule has 0 amide bonds. The third kappa shape index (κ3) is 4.52. The van der Waals surface area contributed by atoms with Crippen LogP contribution < -0.4 is 9.47 Å². The second-order valence-corrected chi connectivity index (χ2v) is 6.53. The standard InChI is InChI=1S/C23H23NO4/c1-3-27-23(25)19(14-24)11-16-7-10-22(26-2)20(12-16)15-28-21-9-8-17-5-4-6-18(17)13-21/h7-13H,3-6,15H2,1-2H3/b19-11+. The first-order valence-corrected chi connectivity index (χ1v) is 9.35. The van der Waals surface area contributed by atoms with Gasteiger partial charge in [0.1, 0.15) is 29.7 Å². The van der Waals surface area contributed by atoms with Gasteiger partial charge in [0, 0.05) is 5.56 Å². The number of nitrogens with zero attached hydrogens (tertiary/aromatic N) is 1. The maximum Gasteiger partial charge on any atom is 0.348 e. The van der Waals surface area contributed by atoms with Crippen molar-refractivity contribution >= 4 is 12.0 Å². The Morgan fingerprint density at radius 2 is 2.00 bits per heavy atom. The summed E-state index contributed by atoms with van der Waals surface area (Å²) in [5.74, 6) is 0.887. The molecule has 0 unspecified atom stereocenters. The fourth-order valence-electron chi connectivity index (χ4n) is 3.31. The summed E-state index contributed by atoms with van der Waals surface area (Å²) in [6, 6.07) is 13.6. The number of carbonyl (C=O) groups is 1. The van der Waals surface area contributed by atoms with E-state index in [1.54, 1.807) is 26.2 Å². The normalized spacial score (nSPS) is 12.8. The molecule has 0 N–H and O–H groups in total. The number of ether oxygens (including phenoxy) is 3. The Bertz CT molecular complexity index is 940. The van der Waals surface area contributed by atoms with Crippen molar-refractivity contribution in [3.8, 4) is 17.6 Å². The van der Waals surface area contributed by atoms with Crippen molar-refractivity contribution < 1.29 is 19.0 Å². The van der Waals surface area contributed by atoms with Gasteiger partial charge in [0.2, 0.25) is 0 Å².